The zero-order chi connectivity index (χ0) is 14.0. The van der Waals surface area contributed by atoms with E-state index in [0.29, 0.717) is 17.1 Å². The second kappa shape index (κ2) is 5.44. The molecule has 0 radical (unpaired) electrons. The number of anilines is 1. The van der Waals surface area contributed by atoms with Crippen LogP contribution < -0.4 is 10.1 Å². The zero-order valence-corrected chi connectivity index (χ0v) is 12.5. The molecule has 1 N–H and O–H groups in total. The van der Waals surface area contributed by atoms with Gasteiger partial charge in [0.1, 0.15) is 11.6 Å². The molecule has 0 unspecified atom stereocenters. The van der Waals surface area contributed by atoms with Gasteiger partial charge in [0.25, 0.3) is 5.91 Å². The van der Waals surface area contributed by atoms with Crippen LogP contribution in [0.5, 0.6) is 5.75 Å². The molecule has 100 valence electrons. The Hall–Kier alpha value is -1.82. The maximum atomic E-state index is 12.1. The Balaban J connectivity index is 2.20. The summed E-state index contributed by atoms with van der Waals surface area (Å²) >= 11 is 3.36. The average molecular weight is 324 g/mol. The third-order valence-electron chi connectivity index (χ3n) is 2.66. The van der Waals surface area contributed by atoms with E-state index >= 15 is 0 Å². The van der Waals surface area contributed by atoms with E-state index in [1.165, 1.54) is 0 Å². The summed E-state index contributed by atoms with van der Waals surface area (Å²) in [6.07, 6.45) is 0. The van der Waals surface area contributed by atoms with E-state index in [0.717, 1.165) is 10.2 Å². The third kappa shape index (κ3) is 2.96. The van der Waals surface area contributed by atoms with Crippen molar-refractivity contribution >= 4 is 27.7 Å². The van der Waals surface area contributed by atoms with Crippen LogP contribution in [0.25, 0.3) is 0 Å². The fourth-order valence-corrected chi connectivity index (χ4v) is 2.26. The smallest absolute Gasteiger partial charge is 0.256 e. The third-order valence-corrected chi connectivity index (χ3v) is 3.28. The van der Waals surface area contributed by atoms with Gasteiger partial charge >= 0.3 is 0 Å². The van der Waals surface area contributed by atoms with Gasteiger partial charge in [-0.1, -0.05) is 0 Å². The molecular formula is C13H14BrN3O2. The summed E-state index contributed by atoms with van der Waals surface area (Å²) in [6, 6.07) is 6.99. The number of methoxy groups -OCH3 is 1. The van der Waals surface area contributed by atoms with Crippen molar-refractivity contribution in [3.05, 3.63) is 40.0 Å². The molecule has 6 heteroatoms. The number of aromatic nitrogens is 2. The van der Waals surface area contributed by atoms with Crippen LogP contribution in [0, 0.1) is 6.92 Å². The fourth-order valence-electron chi connectivity index (χ4n) is 1.72. The lowest BCUT2D eigenvalue weighted by atomic mass is 10.2. The van der Waals surface area contributed by atoms with E-state index < -0.39 is 0 Å². The predicted octanol–water partition coefficient (Wildman–Crippen LogP) is 2.75. The first kappa shape index (κ1) is 13.6. The summed E-state index contributed by atoms with van der Waals surface area (Å²) < 4.78 is 7.50. The van der Waals surface area contributed by atoms with Gasteiger partial charge in [-0.25, -0.2) is 0 Å². The largest absolute Gasteiger partial charge is 0.496 e. The van der Waals surface area contributed by atoms with E-state index in [4.69, 9.17) is 4.74 Å². The molecule has 0 atom stereocenters. The minimum Gasteiger partial charge on any atom is -0.496 e. The number of nitrogens with zero attached hydrogens (tertiary/aromatic N) is 2. The lowest BCUT2D eigenvalue weighted by Crippen LogP contribution is -2.14. The van der Waals surface area contributed by atoms with Crippen LogP contribution >= 0.6 is 15.9 Å². The Morgan fingerprint density at radius 1 is 1.42 bits per heavy atom. The highest BCUT2D eigenvalue weighted by molar-refractivity contribution is 9.10. The maximum absolute atomic E-state index is 12.1. The summed E-state index contributed by atoms with van der Waals surface area (Å²) in [5.41, 5.74) is 1.40. The van der Waals surface area contributed by atoms with Gasteiger partial charge in [0.05, 0.1) is 17.3 Å². The van der Waals surface area contributed by atoms with Crippen LogP contribution in [0.2, 0.25) is 0 Å². The Morgan fingerprint density at radius 2 is 2.16 bits per heavy atom. The summed E-state index contributed by atoms with van der Waals surface area (Å²) in [4.78, 5) is 12.1. The van der Waals surface area contributed by atoms with Crippen molar-refractivity contribution in [2.24, 2.45) is 7.05 Å². The summed E-state index contributed by atoms with van der Waals surface area (Å²) in [6.45, 7) is 1.87. The van der Waals surface area contributed by atoms with Crippen LogP contribution in [0.3, 0.4) is 0 Å². The summed E-state index contributed by atoms with van der Waals surface area (Å²) in [5, 5.41) is 6.99. The van der Waals surface area contributed by atoms with Crippen molar-refractivity contribution in [2.75, 3.05) is 12.4 Å². The number of carbonyl (C=O) groups excluding carboxylic acids is 1. The van der Waals surface area contributed by atoms with Crippen LogP contribution in [0.1, 0.15) is 16.1 Å². The maximum Gasteiger partial charge on any atom is 0.256 e. The van der Waals surface area contributed by atoms with Crippen molar-refractivity contribution in [1.29, 1.82) is 0 Å². The normalized spacial score (nSPS) is 10.3. The fraction of sp³-hybridized carbons (Fsp3) is 0.231. The van der Waals surface area contributed by atoms with Crippen LogP contribution in [-0.2, 0) is 7.05 Å². The second-order valence-corrected chi connectivity index (χ2v) is 4.95. The molecule has 0 aliphatic rings. The first-order valence-corrected chi connectivity index (χ1v) is 6.46. The minimum atomic E-state index is -0.189. The van der Waals surface area contributed by atoms with Crippen LogP contribution in [-0.4, -0.2) is 22.8 Å². The van der Waals surface area contributed by atoms with Gasteiger partial charge in [-0.2, -0.15) is 5.10 Å². The molecule has 2 aromatic rings. The molecule has 0 aliphatic carbocycles. The van der Waals surface area contributed by atoms with Crippen molar-refractivity contribution < 1.29 is 9.53 Å². The van der Waals surface area contributed by atoms with E-state index in [9.17, 15) is 4.79 Å². The monoisotopic (exact) mass is 323 g/mol. The number of amides is 1. The highest BCUT2D eigenvalue weighted by Crippen LogP contribution is 2.25. The Morgan fingerprint density at radius 3 is 2.68 bits per heavy atom. The molecule has 1 aromatic heterocycles. The number of carbonyl (C=O) groups is 1. The number of hydrogen-bond donors (Lipinski definition) is 1. The van der Waals surface area contributed by atoms with E-state index in [-0.39, 0.29) is 5.91 Å². The Bertz CT molecular complexity index is 622. The first-order valence-electron chi connectivity index (χ1n) is 5.67. The van der Waals surface area contributed by atoms with Gasteiger partial charge in [-0.15, -0.1) is 0 Å². The topological polar surface area (TPSA) is 56.1 Å². The molecule has 0 fully saturated rings. The molecule has 1 amide bonds. The van der Waals surface area contributed by atoms with Gasteiger partial charge in [-0.05, 0) is 41.1 Å². The van der Waals surface area contributed by atoms with Crippen molar-refractivity contribution in [1.82, 2.24) is 9.78 Å². The molecule has 2 rings (SSSR count). The van der Waals surface area contributed by atoms with Gasteiger partial charge in [0.15, 0.2) is 0 Å². The molecule has 1 aromatic carbocycles. The number of ether oxygens (including phenoxy) is 1. The molecule has 19 heavy (non-hydrogen) atoms. The average Bonchev–Trinajstić information content (AvgIpc) is 2.67. The number of rotatable bonds is 3. The molecular weight excluding hydrogens is 310 g/mol. The van der Waals surface area contributed by atoms with Gasteiger partial charge < -0.3 is 10.1 Å². The molecule has 0 saturated carbocycles. The quantitative estimate of drug-likeness (QED) is 0.944. The van der Waals surface area contributed by atoms with Gasteiger partial charge in [-0.3, -0.25) is 9.48 Å². The standard InChI is InChI=1S/C13H14BrN3O2/c1-8-6-12(17(2)16-8)15-13(18)9-4-5-11(19-3)10(14)7-9/h4-7H,1-3H3,(H,15,18). The molecule has 0 bridgehead atoms. The lowest BCUT2D eigenvalue weighted by Gasteiger charge is -2.07. The summed E-state index contributed by atoms with van der Waals surface area (Å²) in [7, 11) is 3.37. The van der Waals surface area contributed by atoms with E-state index in [2.05, 4.69) is 26.3 Å². The highest BCUT2D eigenvalue weighted by Gasteiger charge is 2.11. The van der Waals surface area contributed by atoms with Crippen LogP contribution in [0.15, 0.2) is 28.7 Å². The Labute approximate surface area is 119 Å². The SMILES string of the molecule is COc1ccc(C(=O)Nc2cc(C)nn2C)cc1Br. The summed E-state index contributed by atoms with van der Waals surface area (Å²) in [5.74, 6) is 1.16. The number of nitrogens with one attached hydrogen (secondary N) is 1. The van der Waals surface area contributed by atoms with Gasteiger partial charge in [0.2, 0.25) is 0 Å². The molecule has 1 heterocycles. The number of aryl methyl sites for hydroxylation is 2. The number of hydrogen-bond acceptors (Lipinski definition) is 3. The van der Waals surface area contributed by atoms with Crippen LogP contribution in [0.4, 0.5) is 5.82 Å². The molecule has 0 saturated heterocycles. The Kier molecular flexibility index (Phi) is 3.90. The predicted molar refractivity (Wildman–Crippen MR) is 76.6 cm³/mol. The number of benzene rings is 1. The van der Waals surface area contributed by atoms with Crippen molar-refractivity contribution in [3.63, 3.8) is 0 Å². The molecule has 0 spiro atoms. The van der Waals surface area contributed by atoms with Crippen molar-refractivity contribution in [2.45, 2.75) is 6.92 Å². The van der Waals surface area contributed by atoms with E-state index in [1.807, 2.05) is 13.0 Å². The van der Waals surface area contributed by atoms with E-state index in [1.54, 1.807) is 37.0 Å². The highest BCUT2D eigenvalue weighted by atomic mass is 79.9. The minimum absolute atomic E-state index is 0.189. The first-order chi connectivity index (χ1) is 9.01. The van der Waals surface area contributed by atoms with Gasteiger partial charge in [0, 0.05) is 18.7 Å². The van der Waals surface area contributed by atoms with Crippen molar-refractivity contribution in [3.8, 4) is 5.75 Å². The lowest BCUT2D eigenvalue weighted by molar-refractivity contribution is 0.102. The molecule has 5 nitrogen and oxygen atoms in total. The zero-order valence-electron chi connectivity index (χ0n) is 10.9. The second-order valence-electron chi connectivity index (χ2n) is 4.10. The number of halogens is 1. The molecule has 0 aliphatic heterocycles.